The van der Waals surface area contributed by atoms with Gasteiger partial charge >= 0.3 is 0 Å². The molecule has 0 aliphatic carbocycles. The van der Waals surface area contributed by atoms with Crippen molar-refractivity contribution >= 4 is 33.4 Å². The molecule has 1 atom stereocenters. The fourth-order valence-corrected chi connectivity index (χ4v) is 2.74. The van der Waals surface area contributed by atoms with Crippen LogP contribution in [0.1, 0.15) is 17.2 Å². The van der Waals surface area contributed by atoms with Crippen molar-refractivity contribution < 1.29 is 19.1 Å². The van der Waals surface area contributed by atoms with Crippen LogP contribution in [0.3, 0.4) is 0 Å². The summed E-state index contributed by atoms with van der Waals surface area (Å²) >= 11 is 3.28. The van der Waals surface area contributed by atoms with Crippen LogP contribution in [0.5, 0.6) is 0 Å². The van der Waals surface area contributed by atoms with Crippen molar-refractivity contribution in [1.29, 1.82) is 0 Å². The largest absolute Gasteiger partial charge is 0.507 e. The average molecular weight is 376 g/mol. The maximum Gasteiger partial charge on any atom is 0.293 e. The number of carbonyl (C=O) groups is 2. The molecule has 116 valence electrons. The monoisotopic (exact) mass is 375 g/mol. The molecule has 3 rings (SSSR count). The first kappa shape index (κ1) is 15.4. The zero-order chi connectivity index (χ0) is 16.6. The lowest BCUT2D eigenvalue weighted by Gasteiger charge is -2.14. The summed E-state index contributed by atoms with van der Waals surface area (Å²) < 4.78 is 14.8. The third-order valence-electron chi connectivity index (χ3n) is 3.60. The number of ketones is 1. The Morgan fingerprint density at radius 1 is 1.09 bits per heavy atom. The van der Waals surface area contributed by atoms with Crippen molar-refractivity contribution in [2.75, 3.05) is 0 Å². The van der Waals surface area contributed by atoms with Gasteiger partial charge in [-0.3, -0.25) is 9.59 Å². The highest BCUT2D eigenvalue weighted by Gasteiger charge is 2.40. The summed E-state index contributed by atoms with van der Waals surface area (Å²) in [7, 11) is 0. The second-order valence-corrected chi connectivity index (χ2v) is 5.94. The van der Waals surface area contributed by atoms with E-state index in [1.807, 2.05) is 0 Å². The van der Waals surface area contributed by atoms with E-state index in [-0.39, 0.29) is 16.9 Å². The predicted molar refractivity (Wildman–Crippen MR) is 86.0 cm³/mol. The van der Waals surface area contributed by atoms with Crippen LogP contribution in [0.15, 0.2) is 58.6 Å². The number of hydrogen-bond donors (Lipinski definition) is 2. The van der Waals surface area contributed by atoms with Gasteiger partial charge in [-0.25, -0.2) is 4.39 Å². The molecule has 1 aliphatic heterocycles. The molecule has 6 heteroatoms. The summed E-state index contributed by atoms with van der Waals surface area (Å²) in [5, 5.41) is 12.9. The molecule has 0 saturated carbocycles. The Hall–Kier alpha value is -2.47. The number of Topliss-reactive ketones (excluding diaryl/α,β-unsaturated/α-hetero) is 1. The lowest BCUT2D eigenvalue weighted by atomic mass is 9.95. The summed E-state index contributed by atoms with van der Waals surface area (Å²) in [6.07, 6.45) is 0. The van der Waals surface area contributed by atoms with Crippen LogP contribution in [-0.4, -0.2) is 16.8 Å². The smallest absolute Gasteiger partial charge is 0.293 e. The van der Waals surface area contributed by atoms with Crippen molar-refractivity contribution in [3.8, 4) is 0 Å². The minimum absolute atomic E-state index is 0.130. The first-order chi connectivity index (χ1) is 11.0. The highest BCUT2D eigenvalue weighted by atomic mass is 79.9. The van der Waals surface area contributed by atoms with Gasteiger partial charge in [-0.1, -0.05) is 46.3 Å². The van der Waals surface area contributed by atoms with E-state index >= 15 is 0 Å². The molecule has 1 saturated heterocycles. The second kappa shape index (κ2) is 5.96. The molecule has 2 N–H and O–H groups in total. The maximum absolute atomic E-state index is 14.0. The molecular formula is C17H11BrFNO3. The maximum atomic E-state index is 14.0. The molecule has 2 aromatic carbocycles. The van der Waals surface area contributed by atoms with Crippen molar-refractivity contribution in [2.45, 2.75) is 6.04 Å². The number of halogens is 2. The van der Waals surface area contributed by atoms with Crippen LogP contribution in [0.25, 0.3) is 5.76 Å². The fraction of sp³-hybridized carbons (Fsp3) is 0.0588. The van der Waals surface area contributed by atoms with Crippen LogP contribution in [0.2, 0.25) is 0 Å². The average Bonchev–Trinajstić information content (AvgIpc) is 2.83. The van der Waals surface area contributed by atoms with Gasteiger partial charge in [0.05, 0.1) is 11.6 Å². The van der Waals surface area contributed by atoms with Gasteiger partial charge in [0, 0.05) is 15.6 Å². The Morgan fingerprint density at radius 3 is 2.39 bits per heavy atom. The van der Waals surface area contributed by atoms with Crippen molar-refractivity contribution in [1.82, 2.24) is 5.32 Å². The molecule has 4 nitrogen and oxygen atoms in total. The van der Waals surface area contributed by atoms with Gasteiger partial charge in [-0.05, 0) is 18.2 Å². The van der Waals surface area contributed by atoms with Gasteiger partial charge in [0.15, 0.2) is 0 Å². The highest BCUT2D eigenvalue weighted by molar-refractivity contribution is 9.10. The number of benzene rings is 2. The van der Waals surface area contributed by atoms with Gasteiger partial charge in [0.2, 0.25) is 0 Å². The van der Waals surface area contributed by atoms with Crippen LogP contribution in [0.4, 0.5) is 4.39 Å². The predicted octanol–water partition coefficient (Wildman–Crippen LogP) is 3.30. The summed E-state index contributed by atoms with van der Waals surface area (Å²) in [5.41, 5.74) is 0.349. The summed E-state index contributed by atoms with van der Waals surface area (Å²) in [6.45, 7) is 0. The summed E-state index contributed by atoms with van der Waals surface area (Å²) in [5.74, 6) is -2.63. The van der Waals surface area contributed by atoms with E-state index in [1.54, 1.807) is 30.3 Å². The Balaban J connectivity index is 2.15. The number of amides is 1. The van der Waals surface area contributed by atoms with Gasteiger partial charge in [0.1, 0.15) is 11.6 Å². The zero-order valence-electron chi connectivity index (χ0n) is 11.7. The number of aliphatic hydroxyl groups excluding tert-OH is 1. The van der Waals surface area contributed by atoms with E-state index in [2.05, 4.69) is 21.2 Å². The zero-order valence-corrected chi connectivity index (χ0v) is 13.3. The van der Waals surface area contributed by atoms with Crippen LogP contribution < -0.4 is 5.32 Å². The Kier molecular flexibility index (Phi) is 4.00. The number of carbonyl (C=O) groups excluding carboxylic acids is 2. The molecule has 0 spiro atoms. The molecule has 1 fully saturated rings. The Morgan fingerprint density at radius 2 is 1.74 bits per heavy atom. The van der Waals surface area contributed by atoms with Gasteiger partial charge in [-0.2, -0.15) is 0 Å². The van der Waals surface area contributed by atoms with Gasteiger partial charge < -0.3 is 10.4 Å². The summed E-state index contributed by atoms with van der Waals surface area (Å²) in [6, 6.07) is 11.4. The minimum Gasteiger partial charge on any atom is -0.507 e. The lowest BCUT2D eigenvalue weighted by Crippen LogP contribution is -2.21. The molecule has 0 aromatic heterocycles. The molecule has 23 heavy (non-hydrogen) atoms. The Bertz CT molecular complexity index is 830. The van der Waals surface area contributed by atoms with Crippen LogP contribution in [-0.2, 0) is 9.59 Å². The molecule has 1 heterocycles. The Labute approximate surface area is 139 Å². The number of aliphatic hydroxyl groups is 1. The first-order valence-corrected chi connectivity index (χ1v) is 7.57. The normalized spacial score (nSPS) is 19.7. The van der Waals surface area contributed by atoms with E-state index in [0.29, 0.717) is 5.56 Å². The van der Waals surface area contributed by atoms with Crippen LogP contribution in [0, 0.1) is 5.82 Å². The molecular weight excluding hydrogens is 365 g/mol. The van der Waals surface area contributed by atoms with E-state index in [9.17, 15) is 19.1 Å². The summed E-state index contributed by atoms with van der Waals surface area (Å²) in [4.78, 5) is 23.9. The van der Waals surface area contributed by atoms with E-state index < -0.39 is 23.5 Å². The van der Waals surface area contributed by atoms with E-state index in [1.165, 1.54) is 18.2 Å². The minimum atomic E-state index is -1.01. The molecule has 1 amide bonds. The van der Waals surface area contributed by atoms with Crippen molar-refractivity contribution in [3.05, 3.63) is 75.5 Å². The van der Waals surface area contributed by atoms with Gasteiger partial charge in [-0.15, -0.1) is 0 Å². The molecule has 0 unspecified atom stereocenters. The van der Waals surface area contributed by atoms with E-state index in [0.717, 1.165) is 4.47 Å². The fourth-order valence-electron chi connectivity index (χ4n) is 2.47. The van der Waals surface area contributed by atoms with E-state index in [4.69, 9.17) is 0 Å². The topological polar surface area (TPSA) is 66.4 Å². The standard InChI is InChI=1S/C17H11BrFNO3/c18-10-7-5-9(6-8-10)15(21)13-14(20-17(23)16(13)22)11-3-1-2-4-12(11)19/h1-8,14,21H,(H,20,23)/b15-13+/t14-/m1/s1. The van der Waals surface area contributed by atoms with Crippen molar-refractivity contribution in [2.24, 2.45) is 0 Å². The molecule has 2 aromatic rings. The third kappa shape index (κ3) is 2.77. The molecule has 0 radical (unpaired) electrons. The first-order valence-electron chi connectivity index (χ1n) is 6.77. The second-order valence-electron chi connectivity index (χ2n) is 5.03. The lowest BCUT2D eigenvalue weighted by molar-refractivity contribution is -0.133. The molecule has 1 aliphatic rings. The molecule has 0 bridgehead atoms. The highest BCUT2D eigenvalue weighted by Crippen LogP contribution is 2.34. The number of nitrogens with one attached hydrogen (secondary N) is 1. The SMILES string of the molecule is O=C1N[C@H](c2ccccc2F)/C(=C(\O)c2ccc(Br)cc2)C1=O. The number of rotatable bonds is 2. The quantitative estimate of drug-likeness (QED) is 0.480. The van der Waals surface area contributed by atoms with Crippen LogP contribution >= 0.6 is 15.9 Å². The number of hydrogen-bond acceptors (Lipinski definition) is 3. The van der Waals surface area contributed by atoms with Gasteiger partial charge in [0.25, 0.3) is 11.7 Å². The third-order valence-corrected chi connectivity index (χ3v) is 4.13. The van der Waals surface area contributed by atoms with Crippen molar-refractivity contribution in [3.63, 3.8) is 0 Å².